The van der Waals surface area contributed by atoms with Gasteiger partial charge in [-0.15, -0.1) is 0 Å². The van der Waals surface area contributed by atoms with Gasteiger partial charge in [-0.2, -0.15) is 9.97 Å². The number of fused-ring (bicyclic) bond motifs is 1. The number of methoxy groups -OCH3 is 2. The van der Waals surface area contributed by atoms with Crippen molar-refractivity contribution in [2.24, 2.45) is 0 Å². The molecule has 0 saturated carbocycles. The Kier molecular flexibility index (Phi) is 6.48. The van der Waals surface area contributed by atoms with Crippen molar-refractivity contribution >= 4 is 38.5 Å². The first-order valence-corrected chi connectivity index (χ1v) is 11.5. The number of aromatic nitrogens is 5. The van der Waals surface area contributed by atoms with Crippen LogP contribution < -0.4 is 14.2 Å². The Labute approximate surface area is 197 Å². The molecule has 4 rings (SSSR count). The lowest BCUT2D eigenvalue weighted by atomic mass is 10.1. The molecule has 0 amide bonds. The molecular weight excluding hydrogens is 494 g/mol. The highest BCUT2D eigenvalue weighted by molar-refractivity contribution is 7.93. The van der Waals surface area contributed by atoms with Gasteiger partial charge in [0.05, 0.1) is 35.9 Å². The molecule has 3 heterocycles. The molecule has 0 radical (unpaired) electrons. The van der Waals surface area contributed by atoms with Gasteiger partial charge in [-0.05, 0) is 18.2 Å². The number of hydrogen-bond acceptors (Lipinski definition) is 8. The fraction of sp³-hybridized carbons (Fsp3) is 0.200. The second kappa shape index (κ2) is 9.35. The number of aromatic amines is 1. The standard InChI is InChI=1S/C20H17ClF2N6O4S/c1-32-18-11(8-14(22)23)19(33-2)28-20(27-18)29-34(30,31)13-9-26-16-10(13)4-5-12(21)15(16)17-24-6-3-7-25-17/h3-7,9,14,26H,8H2,1-2H3,(H,27,28,29). The van der Waals surface area contributed by atoms with Gasteiger partial charge >= 0.3 is 0 Å². The van der Waals surface area contributed by atoms with Gasteiger partial charge in [-0.3, -0.25) is 0 Å². The van der Waals surface area contributed by atoms with Gasteiger partial charge in [-0.25, -0.2) is 31.9 Å². The van der Waals surface area contributed by atoms with Crippen LogP contribution in [0.1, 0.15) is 5.56 Å². The van der Waals surface area contributed by atoms with Gasteiger partial charge in [0.1, 0.15) is 4.90 Å². The summed E-state index contributed by atoms with van der Waals surface area (Å²) in [6, 6.07) is 4.70. The topological polar surface area (TPSA) is 132 Å². The Morgan fingerprint density at radius 1 is 1.12 bits per heavy atom. The molecule has 0 spiro atoms. The normalized spacial score (nSPS) is 11.7. The van der Waals surface area contributed by atoms with E-state index in [4.69, 9.17) is 21.1 Å². The van der Waals surface area contributed by atoms with Crippen LogP contribution in [0, 0.1) is 0 Å². The number of hydrogen-bond donors (Lipinski definition) is 2. The first-order valence-electron chi connectivity index (χ1n) is 9.62. The van der Waals surface area contributed by atoms with Crippen LogP contribution in [0.25, 0.3) is 22.3 Å². The number of nitrogens with one attached hydrogen (secondary N) is 2. The number of H-pyrrole nitrogens is 1. The molecule has 34 heavy (non-hydrogen) atoms. The minimum absolute atomic E-state index is 0.0859. The molecule has 14 heteroatoms. The van der Waals surface area contributed by atoms with E-state index in [-0.39, 0.29) is 22.2 Å². The minimum Gasteiger partial charge on any atom is -0.481 e. The third kappa shape index (κ3) is 4.43. The summed E-state index contributed by atoms with van der Waals surface area (Å²) in [6.07, 6.45) is 0.905. The van der Waals surface area contributed by atoms with Crippen LogP contribution in [-0.4, -0.2) is 54.0 Å². The second-order valence-electron chi connectivity index (χ2n) is 6.82. The number of benzene rings is 1. The quantitative estimate of drug-likeness (QED) is 0.367. The van der Waals surface area contributed by atoms with Gasteiger partial charge < -0.3 is 14.5 Å². The smallest absolute Gasteiger partial charge is 0.266 e. The van der Waals surface area contributed by atoms with Gasteiger partial charge in [-0.1, -0.05) is 11.6 Å². The highest BCUT2D eigenvalue weighted by Gasteiger charge is 2.26. The van der Waals surface area contributed by atoms with Crippen LogP contribution in [0.3, 0.4) is 0 Å². The summed E-state index contributed by atoms with van der Waals surface area (Å²) in [5.74, 6) is -0.580. The minimum atomic E-state index is -4.24. The van der Waals surface area contributed by atoms with Crippen LogP contribution >= 0.6 is 11.6 Å². The number of anilines is 1. The summed E-state index contributed by atoms with van der Waals surface area (Å²) in [5, 5.41) is 0.637. The number of ether oxygens (including phenoxy) is 2. The fourth-order valence-electron chi connectivity index (χ4n) is 3.35. The summed E-state index contributed by atoms with van der Waals surface area (Å²) in [6.45, 7) is 0. The molecule has 0 atom stereocenters. The van der Waals surface area contributed by atoms with Crippen molar-refractivity contribution in [3.05, 3.63) is 47.4 Å². The molecule has 0 saturated heterocycles. The summed E-state index contributed by atoms with van der Waals surface area (Å²) >= 11 is 6.34. The van der Waals surface area contributed by atoms with Crippen LogP contribution in [0.2, 0.25) is 5.02 Å². The number of halogens is 3. The van der Waals surface area contributed by atoms with Gasteiger partial charge in [0.15, 0.2) is 5.82 Å². The van der Waals surface area contributed by atoms with E-state index in [2.05, 4.69) is 29.6 Å². The third-order valence-corrected chi connectivity index (χ3v) is 6.43. The molecule has 178 valence electrons. The van der Waals surface area contributed by atoms with Crippen molar-refractivity contribution in [2.75, 3.05) is 18.9 Å². The monoisotopic (exact) mass is 510 g/mol. The number of nitrogens with zero attached hydrogens (tertiary/aromatic N) is 4. The summed E-state index contributed by atoms with van der Waals surface area (Å²) in [5.41, 5.74) is 0.747. The lowest BCUT2D eigenvalue weighted by Crippen LogP contribution is -2.16. The Balaban J connectivity index is 1.77. The molecule has 0 fully saturated rings. The van der Waals surface area contributed by atoms with E-state index in [0.29, 0.717) is 27.3 Å². The molecule has 0 aliphatic rings. The molecule has 2 N–H and O–H groups in total. The molecule has 10 nitrogen and oxygen atoms in total. The predicted octanol–water partition coefficient (Wildman–Crippen LogP) is 3.69. The predicted molar refractivity (Wildman–Crippen MR) is 120 cm³/mol. The second-order valence-corrected chi connectivity index (χ2v) is 8.87. The average molecular weight is 511 g/mol. The number of alkyl halides is 2. The van der Waals surface area contributed by atoms with E-state index >= 15 is 0 Å². The van der Waals surface area contributed by atoms with E-state index < -0.39 is 28.8 Å². The molecule has 0 aliphatic carbocycles. The summed E-state index contributed by atoms with van der Waals surface area (Å²) < 4.78 is 64.6. The molecule has 0 unspecified atom stereocenters. The maximum absolute atomic E-state index is 13.2. The van der Waals surface area contributed by atoms with E-state index in [9.17, 15) is 17.2 Å². The first-order chi connectivity index (χ1) is 16.2. The highest BCUT2D eigenvalue weighted by atomic mass is 35.5. The third-order valence-electron chi connectivity index (χ3n) is 4.75. The zero-order chi connectivity index (χ0) is 24.5. The maximum atomic E-state index is 13.2. The molecule has 0 bridgehead atoms. The lowest BCUT2D eigenvalue weighted by Gasteiger charge is -2.14. The molecule has 0 aliphatic heterocycles. The van der Waals surface area contributed by atoms with E-state index in [1.807, 2.05) is 0 Å². The van der Waals surface area contributed by atoms with Crippen molar-refractivity contribution < 1.29 is 26.7 Å². The summed E-state index contributed by atoms with van der Waals surface area (Å²) in [4.78, 5) is 19.0. The Hall–Kier alpha value is -3.58. The molecule has 4 aromatic rings. The first kappa shape index (κ1) is 23.6. The van der Waals surface area contributed by atoms with E-state index in [1.54, 1.807) is 6.07 Å². The van der Waals surface area contributed by atoms with Crippen molar-refractivity contribution in [1.29, 1.82) is 0 Å². The van der Waals surface area contributed by atoms with Gasteiger partial charge in [0, 0.05) is 30.4 Å². The van der Waals surface area contributed by atoms with Crippen LogP contribution in [0.5, 0.6) is 11.8 Å². The Bertz CT molecular complexity index is 1430. The van der Waals surface area contributed by atoms with E-state index in [1.165, 1.54) is 44.9 Å². The van der Waals surface area contributed by atoms with Crippen LogP contribution in [0.4, 0.5) is 14.7 Å². The van der Waals surface area contributed by atoms with Crippen molar-refractivity contribution in [3.8, 4) is 23.1 Å². The Morgan fingerprint density at radius 2 is 1.76 bits per heavy atom. The molecular formula is C20H17ClF2N6O4S. The molecule has 3 aromatic heterocycles. The van der Waals surface area contributed by atoms with Crippen molar-refractivity contribution in [2.45, 2.75) is 17.7 Å². The van der Waals surface area contributed by atoms with Crippen LogP contribution in [0.15, 0.2) is 41.7 Å². The number of sulfonamides is 1. The molecule has 1 aromatic carbocycles. The van der Waals surface area contributed by atoms with E-state index in [0.717, 1.165) is 0 Å². The van der Waals surface area contributed by atoms with Crippen molar-refractivity contribution in [3.63, 3.8) is 0 Å². The maximum Gasteiger partial charge on any atom is 0.266 e. The summed E-state index contributed by atoms with van der Waals surface area (Å²) in [7, 11) is -1.82. The Morgan fingerprint density at radius 3 is 2.35 bits per heavy atom. The van der Waals surface area contributed by atoms with Gasteiger partial charge in [0.25, 0.3) is 10.0 Å². The lowest BCUT2D eigenvalue weighted by molar-refractivity contribution is 0.146. The average Bonchev–Trinajstić information content (AvgIpc) is 3.24. The zero-order valence-electron chi connectivity index (χ0n) is 17.7. The van der Waals surface area contributed by atoms with Gasteiger partial charge in [0.2, 0.25) is 24.1 Å². The fourth-order valence-corrected chi connectivity index (χ4v) is 4.71. The highest BCUT2D eigenvalue weighted by Crippen LogP contribution is 2.36. The van der Waals surface area contributed by atoms with Crippen LogP contribution in [-0.2, 0) is 16.4 Å². The van der Waals surface area contributed by atoms with Crippen molar-refractivity contribution in [1.82, 2.24) is 24.9 Å². The number of rotatable bonds is 8. The SMILES string of the molecule is COc1nc(NS(=O)(=O)c2c[nH]c3c(-c4ncccn4)c(Cl)ccc23)nc(OC)c1CC(F)F. The zero-order valence-corrected chi connectivity index (χ0v) is 19.3. The largest absolute Gasteiger partial charge is 0.481 e.